The average molecular weight is 234 g/mol. The predicted molar refractivity (Wildman–Crippen MR) is 70.8 cm³/mol. The van der Waals surface area contributed by atoms with Crippen LogP contribution in [-0.4, -0.2) is 30.4 Å². The molecule has 0 aromatic heterocycles. The van der Waals surface area contributed by atoms with Gasteiger partial charge in [0.25, 0.3) is 0 Å². The van der Waals surface area contributed by atoms with Crippen LogP contribution in [0.25, 0.3) is 0 Å². The molecule has 0 aliphatic rings. The van der Waals surface area contributed by atoms with Gasteiger partial charge < -0.3 is 4.90 Å². The molecule has 0 rings (SSSR count). The van der Waals surface area contributed by atoms with Crippen LogP contribution in [0.3, 0.4) is 0 Å². The van der Waals surface area contributed by atoms with Gasteiger partial charge in [-0.15, -0.1) is 11.6 Å². The van der Waals surface area contributed by atoms with Crippen molar-refractivity contribution in [2.45, 2.75) is 64.8 Å². The first-order chi connectivity index (χ1) is 7.22. The van der Waals surface area contributed by atoms with Crippen LogP contribution in [0.1, 0.15) is 58.8 Å². The lowest BCUT2D eigenvalue weighted by Gasteiger charge is -2.22. The first-order valence-electron chi connectivity index (χ1n) is 6.48. The molecule has 15 heavy (non-hydrogen) atoms. The monoisotopic (exact) mass is 233 g/mol. The third-order valence-corrected chi connectivity index (χ3v) is 3.54. The Morgan fingerprint density at radius 1 is 1.00 bits per heavy atom. The van der Waals surface area contributed by atoms with Crippen LogP contribution in [0.5, 0.6) is 0 Å². The quantitative estimate of drug-likeness (QED) is 0.402. The summed E-state index contributed by atoms with van der Waals surface area (Å²) in [4.78, 5) is 2.36. The highest BCUT2D eigenvalue weighted by Gasteiger charge is 2.05. The maximum atomic E-state index is 5.80. The average Bonchev–Trinajstić information content (AvgIpc) is 2.26. The normalized spacial score (nSPS) is 13.4. The number of unbranched alkanes of at least 4 members (excludes halogenated alkanes) is 6. The minimum Gasteiger partial charge on any atom is -0.303 e. The van der Waals surface area contributed by atoms with E-state index in [1.165, 1.54) is 51.5 Å². The van der Waals surface area contributed by atoms with Crippen LogP contribution >= 0.6 is 11.6 Å². The number of nitrogens with zero attached hydrogens (tertiary/aromatic N) is 1. The van der Waals surface area contributed by atoms with Gasteiger partial charge in [0.15, 0.2) is 0 Å². The van der Waals surface area contributed by atoms with Crippen molar-refractivity contribution < 1.29 is 0 Å². The van der Waals surface area contributed by atoms with E-state index in [2.05, 4.69) is 25.8 Å². The highest BCUT2D eigenvalue weighted by molar-refractivity contribution is 6.18. The Morgan fingerprint density at radius 3 is 2.07 bits per heavy atom. The summed E-state index contributed by atoms with van der Waals surface area (Å²) in [5.74, 6) is 0.743. The van der Waals surface area contributed by atoms with Gasteiger partial charge in [0.1, 0.15) is 0 Å². The Balaban J connectivity index is 3.16. The molecule has 2 heteroatoms. The molecule has 0 aromatic rings. The summed E-state index contributed by atoms with van der Waals surface area (Å²) >= 11 is 5.80. The molecule has 0 bridgehead atoms. The fourth-order valence-corrected chi connectivity index (χ4v) is 1.89. The van der Waals surface area contributed by atoms with Gasteiger partial charge in [-0.05, 0) is 26.9 Å². The first-order valence-corrected chi connectivity index (χ1v) is 7.02. The zero-order valence-electron chi connectivity index (χ0n) is 10.8. The van der Waals surface area contributed by atoms with Gasteiger partial charge in [-0.2, -0.15) is 0 Å². The molecule has 0 aliphatic heterocycles. The molecule has 0 radical (unpaired) electrons. The number of alkyl halides is 1. The van der Waals surface area contributed by atoms with Crippen molar-refractivity contribution in [3.63, 3.8) is 0 Å². The third kappa shape index (κ3) is 9.19. The molecule has 1 atom stereocenters. The Kier molecular flexibility index (Phi) is 10.9. The molecule has 0 saturated carbocycles. The maximum absolute atomic E-state index is 5.80. The van der Waals surface area contributed by atoms with Gasteiger partial charge in [-0.3, -0.25) is 0 Å². The molecular weight excluding hydrogens is 206 g/mol. The second kappa shape index (κ2) is 10.8. The molecule has 92 valence electrons. The Bertz CT molecular complexity index is 128. The second-order valence-corrected chi connectivity index (χ2v) is 4.91. The van der Waals surface area contributed by atoms with Crippen molar-refractivity contribution in [3.05, 3.63) is 0 Å². The molecule has 1 unspecified atom stereocenters. The Morgan fingerprint density at radius 2 is 1.53 bits per heavy atom. The first kappa shape index (κ1) is 15.2. The summed E-state index contributed by atoms with van der Waals surface area (Å²) in [5, 5.41) is 0. The van der Waals surface area contributed by atoms with E-state index in [4.69, 9.17) is 11.6 Å². The van der Waals surface area contributed by atoms with Crippen molar-refractivity contribution in [1.82, 2.24) is 4.90 Å². The smallest absolute Gasteiger partial charge is 0.0376 e. The molecule has 0 aliphatic carbocycles. The lowest BCUT2D eigenvalue weighted by atomic mass is 10.1. The number of hydrogen-bond acceptors (Lipinski definition) is 1. The summed E-state index contributed by atoms with van der Waals surface area (Å²) < 4.78 is 0. The van der Waals surface area contributed by atoms with Gasteiger partial charge in [-0.25, -0.2) is 0 Å². The van der Waals surface area contributed by atoms with E-state index < -0.39 is 0 Å². The summed E-state index contributed by atoms with van der Waals surface area (Å²) in [7, 11) is 2.17. The Labute approximate surface area is 101 Å². The molecule has 0 fully saturated rings. The Hall–Kier alpha value is 0.250. The minimum atomic E-state index is 0.520. The van der Waals surface area contributed by atoms with Crippen LogP contribution < -0.4 is 0 Å². The lowest BCUT2D eigenvalue weighted by molar-refractivity contribution is 0.269. The van der Waals surface area contributed by atoms with Gasteiger partial charge >= 0.3 is 0 Å². The fourth-order valence-electron chi connectivity index (χ4n) is 1.66. The summed E-state index contributed by atoms with van der Waals surface area (Å²) in [6.07, 6.45) is 9.70. The van der Waals surface area contributed by atoms with Gasteiger partial charge in [0.2, 0.25) is 0 Å². The summed E-state index contributed by atoms with van der Waals surface area (Å²) in [6.45, 7) is 5.65. The van der Waals surface area contributed by atoms with E-state index >= 15 is 0 Å². The summed E-state index contributed by atoms with van der Waals surface area (Å²) in [6, 6.07) is 0.520. The van der Waals surface area contributed by atoms with Crippen molar-refractivity contribution in [2.75, 3.05) is 19.5 Å². The molecule has 0 spiro atoms. The zero-order chi connectivity index (χ0) is 11.5. The zero-order valence-corrected chi connectivity index (χ0v) is 11.5. The predicted octanol–water partition coefficient (Wildman–Crippen LogP) is 4.30. The molecule has 1 nitrogen and oxygen atoms in total. The van der Waals surface area contributed by atoms with Gasteiger partial charge in [0, 0.05) is 11.9 Å². The van der Waals surface area contributed by atoms with Gasteiger partial charge in [0.05, 0.1) is 0 Å². The van der Waals surface area contributed by atoms with Crippen LogP contribution in [0, 0.1) is 0 Å². The van der Waals surface area contributed by atoms with Crippen molar-refractivity contribution >= 4 is 11.6 Å². The molecule has 0 heterocycles. The molecule has 0 saturated heterocycles. The van der Waals surface area contributed by atoms with Crippen molar-refractivity contribution in [3.8, 4) is 0 Å². The molecule has 0 aromatic carbocycles. The van der Waals surface area contributed by atoms with Gasteiger partial charge in [-0.1, -0.05) is 45.4 Å². The largest absolute Gasteiger partial charge is 0.303 e. The third-order valence-electron chi connectivity index (χ3n) is 3.09. The number of rotatable bonds is 10. The number of halogens is 1. The molecule has 0 N–H and O–H groups in total. The fraction of sp³-hybridized carbons (Fsp3) is 1.00. The SMILES string of the molecule is CCCCCCCCCN(C)C(C)CCl. The maximum Gasteiger partial charge on any atom is 0.0376 e. The topological polar surface area (TPSA) is 3.24 Å². The molecule has 0 amide bonds. The summed E-state index contributed by atoms with van der Waals surface area (Å²) in [5.41, 5.74) is 0. The van der Waals surface area contributed by atoms with Crippen LogP contribution in [0.15, 0.2) is 0 Å². The van der Waals surface area contributed by atoms with E-state index in [1.54, 1.807) is 0 Å². The van der Waals surface area contributed by atoms with E-state index in [-0.39, 0.29) is 0 Å². The van der Waals surface area contributed by atoms with Crippen LogP contribution in [-0.2, 0) is 0 Å². The highest BCUT2D eigenvalue weighted by atomic mass is 35.5. The number of hydrogen-bond donors (Lipinski definition) is 0. The van der Waals surface area contributed by atoms with E-state index in [0.29, 0.717) is 6.04 Å². The molecular formula is C13H28ClN. The van der Waals surface area contributed by atoms with E-state index in [0.717, 1.165) is 5.88 Å². The van der Waals surface area contributed by atoms with E-state index in [9.17, 15) is 0 Å². The van der Waals surface area contributed by atoms with Crippen molar-refractivity contribution in [1.29, 1.82) is 0 Å². The van der Waals surface area contributed by atoms with Crippen molar-refractivity contribution in [2.24, 2.45) is 0 Å². The lowest BCUT2D eigenvalue weighted by Crippen LogP contribution is -2.31. The highest BCUT2D eigenvalue weighted by Crippen LogP contribution is 2.08. The van der Waals surface area contributed by atoms with E-state index in [1.807, 2.05) is 0 Å². The standard InChI is InChI=1S/C13H28ClN/c1-4-5-6-7-8-9-10-11-15(3)13(2)12-14/h13H,4-12H2,1-3H3. The van der Waals surface area contributed by atoms with Crippen LogP contribution in [0.4, 0.5) is 0 Å². The minimum absolute atomic E-state index is 0.520. The second-order valence-electron chi connectivity index (χ2n) is 4.61. The van der Waals surface area contributed by atoms with Crippen LogP contribution in [0.2, 0.25) is 0 Å².